The Morgan fingerprint density at radius 3 is 2.57 bits per heavy atom. The molecule has 0 amide bonds. The summed E-state index contributed by atoms with van der Waals surface area (Å²) in [5, 5.41) is 27.4. The van der Waals surface area contributed by atoms with Gasteiger partial charge in [-0.3, -0.25) is 14.3 Å². The lowest BCUT2D eigenvalue weighted by Crippen LogP contribution is -2.33. The van der Waals surface area contributed by atoms with Crippen LogP contribution in [-0.4, -0.2) is 74.8 Å². The number of nitrogens with two attached hydrogens (primary N) is 1. The first-order valence-corrected chi connectivity index (χ1v) is 10.3. The summed E-state index contributed by atoms with van der Waals surface area (Å²) < 4.78 is 36.2. The normalized spacial score (nSPS) is 27.9. The van der Waals surface area contributed by atoms with Crippen LogP contribution in [-0.2, 0) is 22.7 Å². The summed E-state index contributed by atoms with van der Waals surface area (Å²) in [4.78, 5) is 44.1. The smallest absolute Gasteiger partial charge is 0.387 e. The molecule has 156 valence electrons. The van der Waals surface area contributed by atoms with E-state index < -0.39 is 52.4 Å². The molecule has 0 aliphatic carbocycles. The van der Waals surface area contributed by atoms with Crippen LogP contribution in [0.4, 0.5) is 5.95 Å². The van der Waals surface area contributed by atoms with Gasteiger partial charge in [-0.05, 0) is 0 Å². The number of hydrogen-bond acceptors (Lipinski definition) is 12. The number of ether oxygens (including phenoxy) is 1. The Morgan fingerprint density at radius 1 is 1.25 bits per heavy atom. The van der Waals surface area contributed by atoms with E-state index in [1.165, 1.54) is 0 Å². The second-order valence-corrected chi connectivity index (χ2v) is 8.37. The molecule has 2 aromatic rings. The number of aromatic nitrogens is 5. The SMILES string of the molecule is Nc1nc2c(nnn2[C@@H]2O[C@@H](COP(=O)(O)OP(=O)(O)O)[C@@H](O)[C@@H]2O)c(=O)[nH]1. The molecular formula is C9H14N6O11P2. The van der Waals surface area contributed by atoms with Crippen LogP contribution in [0.1, 0.15) is 6.23 Å². The average molecular weight is 444 g/mol. The van der Waals surface area contributed by atoms with Crippen molar-refractivity contribution in [3.8, 4) is 0 Å². The monoisotopic (exact) mass is 444 g/mol. The lowest BCUT2D eigenvalue weighted by atomic mass is 10.1. The number of phosphoric ester groups is 1. The third-order valence-electron chi connectivity index (χ3n) is 3.54. The third-order valence-corrected chi connectivity index (χ3v) is 5.69. The van der Waals surface area contributed by atoms with Crippen molar-refractivity contribution in [1.29, 1.82) is 0 Å². The van der Waals surface area contributed by atoms with Gasteiger partial charge < -0.3 is 35.4 Å². The fraction of sp³-hybridized carbons (Fsp3) is 0.556. The van der Waals surface area contributed by atoms with Crippen molar-refractivity contribution in [3.05, 3.63) is 10.4 Å². The van der Waals surface area contributed by atoms with Crippen molar-refractivity contribution < 1.29 is 47.6 Å². The number of anilines is 1. The highest BCUT2D eigenvalue weighted by atomic mass is 31.3. The quantitative estimate of drug-likeness (QED) is 0.218. The van der Waals surface area contributed by atoms with Crippen LogP contribution >= 0.6 is 15.6 Å². The summed E-state index contributed by atoms with van der Waals surface area (Å²) >= 11 is 0. The van der Waals surface area contributed by atoms with E-state index in [-0.39, 0.29) is 17.1 Å². The van der Waals surface area contributed by atoms with Gasteiger partial charge in [0.15, 0.2) is 17.4 Å². The molecule has 28 heavy (non-hydrogen) atoms. The van der Waals surface area contributed by atoms with Crippen LogP contribution in [0, 0.1) is 0 Å². The lowest BCUT2D eigenvalue weighted by molar-refractivity contribution is -0.0566. The Hall–Kier alpha value is -1.78. The standard InChI is InChI=1S/C9H14N6O11P2/c10-9-11-6-3(7(18)12-9)13-14-15(6)8-5(17)4(16)2(25-8)1-24-28(22,23)26-27(19,20)21/h2,4-5,8,16-17H,1H2,(H,22,23)(H2,19,20,21)(H3,10,11,12,18)/t2-,4+,5-,8+/m0/s1. The maximum atomic E-state index is 11.8. The van der Waals surface area contributed by atoms with Gasteiger partial charge in [0.05, 0.1) is 6.61 Å². The molecule has 19 heteroatoms. The second kappa shape index (κ2) is 7.23. The van der Waals surface area contributed by atoms with E-state index in [4.69, 9.17) is 20.3 Å². The zero-order valence-electron chi connectivity index (χ0n) is 13.5. The van der Waals surface area contributed by atoms with Crippen molar-refractivity contribution in [2.45, 2.75) is 24.5 Å². The molecule has 1 aliphatic heterocycles. The second-order valence-electron chi connectivity index (χ2n) is 5.54. The van der Waals surface area contributed by atoms with Crippen LogP contribution < -0.4 is 11.3 Å². The molecule has 2 aromatic heterocycles. The van der Waals surface area contributed by atoms with Crippen LogP contribution in [0.2, 0.25) is 0 Å². The predicted molar refractivity (Wildman–Crippen MR) is 85.2 cm³/mol. The van der Waals surface area contributed by atoms with Gasteiger partial charge in [-0.15, -0.1) is 5.10 Å². The maximum Gasteiger partial charge on any atom is 0.481 e. The van der Waals surface area contributed by atoms with E-state index in [0.29, 0.717) is 0 Å². The molecule has 3 heterocycles. The minimum atomic E-state index is -5.33. The number of aliphatic hydroxyl groups is 2. The molecule has 17 nitrogen and oxygen atoms in total. The Balaban J connectivity index is 1.79. The molecule has 5 atom stereocenters. The summed E-state index contributed by atoms with van der Waals surface area (Å²) in [6, 6.07) is 0. The average Bonchev–Trinajstić information content (AvgIpc) is 3.06. The first kappa shape index (κ1) is 20.9. The Labute approximate surface area is 153 Å². The van der Waals surface area contributed by atoms with Gasteiger partial charge in [0.25, 0.3) is 5.56 Å². The highest BCUT2D eigenvalue weighted by Crippen LogP contribution is 2.57. The van der Waals surface area contributed by atoms with E-state index >= 15 is 0 Å². The van der Waals surface area contributed by atoms with Crippen LogP contribution in [0.15, 0.2) is 4.79 Å². The number of aliphatic hydroxyl groups excluding tert-OH is 2. The molecular weight excluding hydrogens is 430 g/mol. The summed E-state index contributed by atoms with van der Waals surface area (Å²) in [6.07, 6.45) is -6.23. The highest BCUT2D eigenvalue weighted by molar-refractivity contribution is 7.60. The first-order chi connectivity index (χ1) is 12.9. The summed E-state index contributed by atoms with van der Waals surface area (Å²) in [5.74, 6) is -0.273. The molecule has 0 saturated carbocycles. The highest BCUT2D eigenvalue weighted by Gasteiger charge is 2.46. The molecule has 0 radical (unpaired) electrons. The number of aromatic amines is 1. The van der Waals surface area contributed by atoms with Gasteiger partial charge in [0.1, 0.15) is 18.3 Å². The van der Waals surface area contributed by atoms with Crippen molar-refractivity contribution in [3.63, 3.8) is 0 Å². The largest absolute Gasteiger partial charge is 0.481 e. The molecule has 1 saturated heterocycles. The Morgan fingerprint density at radius 2 is 1.93 bits per heavy atom. The van der Waals surface area contributed by atoms with E-state index in [9.17, 15) is 29.0 Å². The van der Waals surface area contributed by atoms with Crippen molar-refractivity contribution in [2.75, 3.05) is 12.3 Å². The number of H-pyrrole nitrogens is 1. The number of fused-ring (bicyclic) bond motifs is 1. The lowest BCUT2D eigenvalue weighted by Gasteiger charge is -2.17. The van der Waals surface area contributed by atoms with Crippen molar-refractivity contribution >= 4 is 32.8 Å². The zero-order chi connectivity index (χ0) is 20.9. The minimum absolute atomic E-state index is 0.170. The van der Waals surface area contributed by atoms with Crippen LogP contribution in [0.3, 0.4) is 0 Å². The van der Waals surface area contributed by atoms with Gasteiger partial charge >= 0.3 is 15.6 Å². The number of nitrogens with zero attached hydrogens (tertiary/aromatic N) is 4. The molecule has 0 aromatic carbocycles. The predicted octanol–water partition coefficient (Wildman–Crippen LogP) is -3.06. The van der Waals surface area contributed by atoms with E-state index in [2.05, 4.69) is 29.1 Å². The zero-order valence-corrected chi connectivity index (χ0v) is 15.3. The topological polar surface area (TPSA) is 265 Å². The number of phosphoric acid groups is 2. The summed E-state index contributed by atoms with van der Waals surface area (Å²) in [5.41, 5.74) is 4.33. The number of nitrogen functional groups attached to an aromatic ring is 1. The Bertz CT molecular complexity index is 1030. The van der Waals surface area contributed by atoms with Gasteiger partial charge in [-0.1, -0.05) is 5.21 Å². The minimum Gasteiger partial charge on any atom is -0.387 e. The fourth-order valence-electron chi connectivity index (χ4n) is 2.42. The van der Waals surface area contributed by atoms with Gasteiger partial charge in [-0.25, -0.2) is 9.13 Å². The number of rotatable bonds is 6. The molecule has 1 unspecified atom stereocenters. The third kappa shape index (κ3) is 4.28. The summed E-state index contributed by atoms with van der Waals surface area (Å²) in [6.45, 7) is -0.898. The molecule has 0 bridgehead atoms. The van der Waals surface area contributed by atoms with Crippen molar-refractivity contribution in [2.24, 2.45) is 0 Å². The van der Waals surface area contributed by atoms with Gasteiger partial charge in [-0.2, -0.15) is 14.0 Å². The van der Waals surface area contributed by atoms with Crippen molar-refractivity contribution in [1.82, 2.24) is 25.0 Å². The van der Waals surface area contributed by atoms with Gasteiger partial charge in [0.2, 0.25) is 5.95 Å². The van der Waals surface area contributed by atoms with Gasteiger partial charge in [0, 0.05) is 0 Å². The molecule has 1 aliphatic rings. The van der Waals surface area contributed by atoms with E-state index in [0.717, 1.165) is 4.68 Å². The van der Waals surface area contributed by atoms with Crippen LogP contribution in [0.5, 0.6) is 0 Å². The molecule has 0 spiro atoms. The first-order valence-electron chi connectivity index (χ1n) is 7.24. The summed E-state index contributed by atoms with van der Waals surface area (Å²) in [7, 11) is -10.5. The Kier molecular flexibility index (Phi) is 5.41. The molecule has 1 fully saturated rings. The van der Waals surface area contributed by atoms with E-state index in [1.54, 1.807) is 0 Å². The molecule has 8 N–H and O–H groups in total. The number of hydrogen-bond donors (Lipinski definition) is 7. The molecule has 3 rings (SSSR count). The maximum absolute atomic E-state index is 11.8. The fourth-order valence-corrected chi connectivity index (χ4v) is 4.02. The van der Waals surface area contributed by atoms with Crippen LogP contribution in [0.25, 0.3) is 11.2 Å². The van der Waals surface area contributed by atoms with E-state index in [1.807, 2.05) is 0 Å². The number of nitrogens with one attached hydrogen (secondary N) is 1.